The van der Waals surface area contributed by atoms with Crippen molar-refractivity contribution in [2.45, 2.75) is 39.7 Å². The molecule has 1 atom stereocenters. The first-order valence-electron chi connectivity index (χ1n) is 8.97. The number of carbonyl (C=O) groups is 1. The zero-order valence-electron chi connectivity index (χ0n) is 15.9. The van der Waals surface area contributed by atoms with Gasteiger partial charge in [0, 0.05) is 11.7 Å². The topological polar surface area (TPSA) is 50.4 Å². The lowest BCUT2D eigenvalue weighted by Crippen LogP contribution is -2.30. The molecule has 0 spiro atoms. The minimum absolute atomic E-state index is 0.0278. The SMILES string of the molecule is CCc1cccc(CC)c1NC(=O)CN[C@@H](C)c1ccc(OC)c(Br)c1. The second-order valence-corrected chi connectivity index (χ2v) is 7.06. The number of methoxy groups -OCH3 is 1. The van der Waals surface area contributed by atoms with E-state index < -0.39 is 0 Å². The Morgan fingerprint density at radius 3 is 2.35 bits per heavy atom. The summed E-state index contributed by atoms with van der Waals surface area (Å²) in [6.45, 7) is 6.50. The second-order valence-electron chi connectivity index (χ2n) is 6.20. The zero-order valence-corrected chi connectivity index (χ0v) is 17.4. The Morgan fingerprint density at radius 1 is 1.15 bits per heavy atom. The van der Waals surface area contributed by atoms with Gasteiger partial charge in [-0.3, -0.25) is 4.79 Å². The average molecular weight is 419 g/mol. The molecule has 0 saturated heterocycles. The number of anilines is 1. The number of hydrogen-bond acceptors (Lipinski definition) is 3. The van der Waals surface area contributed by atoms with Crippen molar-refractivity contribution in [2.75, 3.05) is 19.0 Å². The van der Waals surface area contributed by atoms with Gasteiger partial charge in [0.1, 0.15) is 5.75 Å². The van der Waals surface area contributed by atoms with Gasteiger partial charge >= 0.3 is 0 Å². The van der Waals surface area contributed by atoms with Crippen LogP contribution in [-0.4, -0.2) is 19.6 Å². The predicted molar refractivity (Wildman–Crippen MR) is 111 cm³/mol. The van der Waals surface area contributed by atoms with Crippen molar-refractivity contribution in [3.8, 4) is 5.75 Å². The van der Waals surface area contributed by atoms with Crippen LogP contribution in [0.1, 0.15) is 43.5 Å². The molecular weight excluding hydrogens is 392 g/mol. The van der Waals surface area contributed by atoms with Crippen LogP contribution in [0, 0.1) is 0 Å². The molecule has 4 nitrogen and oxygen atoms in total. The van der Waals surface area contributed by atoms with Crippen molar-refractivity contribution in [1.82, 2.24) is 5.32 Å². The first-order chi connectivity index (χ1) is 12.5. The van der Waals surface area contributed by atoms with Gasteiger partial charge in [0.05, 0.1) is 18.1 Å². The summed E-state index contributed by atoms with van der Waals surface area (Å²) in [5.41, 5.74) is 4.40. The Labute approximate surface area is 164 Å². The van der Waals surface area contributed by atoms with Crippen molar-refractivity contribution >= 4 is 27.5 Å². The first-order valence-corrected chi connectivity index (χ1v) is 9.76. The van der Waals surface area contributed by atoms with E-state index in [2.05, 4.69) is 58.6 Å². The summed E-state index contributed by atoms with van der Waals surface area (Å²) < 4.78 is 6.16. The molecule has 2 aromatic rings. The van der Waals surface area contributed by atoms with Gasteiger partial charge in [-0.15, -0.1) is 0 Å². The highest BCUT2D eigenvalue weighted by Crippen LogP contribution is 2.28. The maximum atomic E-state index is 12.4. The molecule has 1 amide bonds. The van der Waals surface area contributed by atoms with Crippen molar-refractivity contribution < 1.29 is 9.53 Å². The Morgan fingerprint density at radius 2 is 1.81 bits per heavy atom. The Bertz CT molecular complexity index is 739. The summed E-state index contributed by atoms with van der Waals surface area (Å²) in [4.78, 5) is 12.4. The maximum absolute atomic E-state index is 12.4. The van der Waals surface area contributed by atoms with Crippen LogP contribution < -0.4 is 15.4 Å². The van der Waals surface area contributed by atoms with Crippen LogP contribution >= 0.6 is 15.9 Å². The lowest BCUT2D eigenvalue weighted by molar-refractivity contribution is -0.115. The monoisotopic (exact) mass is 418 g/mol. The van der Waals surface area contributed by atoms with E-state index >= 15 is 0 Å². The summed E-state index contributed by atoms with van der Waals surface area (Å²) in [7, 11) is 1.64. The number of amides is 1. The molecule has 2 aromatic carbocycles. The van der Waals surface area contributed by atoms with Crippen LogP contribution in [0.25, 0.3) is 0 Å². The number of rotatable bonds is 8. The van der Waals surface area contributed by atoms with Crippen LogP contribution in [0.2, 0.25) is 0 Å². The van der Waals surface area contributed by atoms with E-state index in [1.54, 1.807) is 7.11 Å². The van der Waals surface area contributed by atoms with Gasteiger partial charge in [0.2, 0.25) is 5.91 Å². The molecule has 0 bridgehead atoms. The molecular formula is C21H27BrN2O2. The molecule has 2 rings (SSSR count). The summed E-state index contributed by atoms with van der Waals surface area (Å²) in [6, 6.07) is 12.2. The summed E-state index contributed by atoms with van der Waals surface area (Å²) in [5.74, 6) is 0.766. The highest BCUT2D eigenvalue weighted by Gasteiger charge is 2.13. The third-order valence-electron chi connectivity index (χ3n) is 4.51. The van der Waals surface area contributed by atoms with E-state index in [1.807, 2.05) is 25.1 Å². The number of benzene rings is 2. The second kappa shape index (κ2) is 9.74. The molecule has 5 heteroatoms. The fourth-order valence-corrected chi connectivity index (χ4v) is 3.46. The molecule has 0 aromatic heterocycles. The van der Waals surface area contributed by atoms with Gasteiger partial charge in [-0.1, -0.05) is 38.1 Å². The summed E-state index contributed by atoms with van der Waals surface area (Å²) >= 11 is 3.50. The van der Waals surface area contributed by atoms with E-state index in [4.69, 9.17) is 4.74 Å². The molecule has 0 radical (unpaired) electrons. The lowest BCUT2D eigenvalue weighted by Gasteiger charge is -2.17. The highest BCUT2D eigenvalue weighted by molar-refractivity contribution is 9.10. The van der Waals surface area contributed by atoms with E-state index in [9.17, 15) is 4.79 Å². The molecule has 26 heavy (non-hydrogen) atoms. The van der Waals surface area contributed by atoms with Crippen LogP contribution in [-0.2, 0) is 17.6 Å². The molecule has 0 fully saturated rings. The van der Waals surface area contributed by atoms with E-state index in [-0.39, 0.29) is 18.5 Å². The number of halogens is 1. The van der Waals surface area contributed by atoms with Gasteiger partial charge < -0.3 is 15.4 Å². The van der Waals surface area contributed by atoms with E-state index in [0.717, 1.165) is 34.3 Å². The number of hydrogen-bond donors (Lipinski definition) is 2. The molecule has 0 saturated carbocycles. The van der Waals surface area contributed by atoms with Crippen LogP contribution in [0.15, 0.2) is 40.9 Å². The van der Waals surface area contributed by atoms with Crippen molar-refractivity contribution in [3.63, 3.8) is 0 Å². The van der Waals surface area contributed by atoms with Gasteiger partial charge in [-0.2, -0.15) is 0 Å². The van der Waals surface area contributed by atoms with E-state index in [0.29, 0.717) is 0 Å². The first kappa shape index (κ1) is 20.5. The fraction of sp³-hybridized carbons (Fsp3) is 0.381. The number of carbonyl (C=O) groups excluding carboxylic acids is 1. The van der Waals surface area contributed by atoms with Gasteiger partial charge in [-0.25, -0.2) is 0 Å². The minimum atomic E-state index is -0.0278. The van der Waals surface area contributed by atoms with Gasteiger partial charge in [0.25, 0.3) is 0 Å². The van der Waals surface area contributed by atoms with Crippen LogP contribution in [0.4, 0.5) is 5.69 Å². The van der Waals surface area contributed by atoms with Gasteiger partial charge in [0.15, 0.2) is 0 Å². The normalized spacial score (nSPS) is 11.9. The third kappa shape index (κ3) is 5.08. The van der Waals surface area contributed by atoms with Crippen LogP contribution in [0.3, 0.4) is 0 Å². The molecule has 0 aliphatic heterocycles. The van der Waals surface area contributed by atoms with Gasteiger partial charge in [-0.05, 0) is 64.5 Å². The lowest BCUT2D eigenvalue weighted by atomic mass is 10.0. The molecule has 0 aliphatic rings. The maximum Gasteiger partial charge on any atom is 0.238 e. The van der Waals surface area contributed by atoms with Crippen molar-refractivity contribution in [2.24, 2.45) is 0 Å². The number of aryl methyl sites for hydroxylation is 2. The largest absolute Gasteiger partial charge is 0.496 e. The number of para-hydroxylation sites is 1. The molecule has 0 unspecified atom stereocenters. The highest BCUT2D eigenvalue weighted by atomic mass is 79.9. The number of nitrogens with one attached hydrogen (secondary N) is 2. The van der Waals surface area contributed by atoms with E-state index in [1.165, 1.54) is 11.1 Å². The fourth-order valence-electron chi connectivity index (χ4n) is 2.90. The minimum Gasteiger partial charge on any atom is -0.496 e. The molecule has 0 heterocycles. The smallest absolute Gasteiger partial charge is 0.238 e. The average Bonchev–Trinajstić information content (AvgIpc) is 2.66. The molecule has 0 aliphatic carbocycles. The summed E-state index contributed by atoms with van der Waals surface area (Å²) in [6.07, 6.45) is 1.79. The quantitative estimate of drug-likeness (QED) is 0.642. The number of ether oxygens (including phenoxy) is 1. The third-order valence-corrected chi connectivity index (χ3v) is 5.13. The standard InChI is InChI=1S/C21H27BrN2O2/c1-5-15-8-7-9-16(6-2)21(15)24-20(25)13-23-14(3)17-10-11-19(26-4)18(22)12-17/h7-12,14,23H,5-6,13H2,1-4H3,(H,24,25)/t14-/m0/s1. The zero-order chi connectivity index (χ0) is 19.1. The van der Waals surface area contributed by atoms with Crippen molar-refractivity contribution in [3.05, 3.63) is 57.6 Å². The Kier molecular flexibility index (Phi) is 7.66. The Balaban J connectivity index is 2.00. The Hall–Kier alpha value is -1.85. The predicted octanol–water partition coefficient (Wildman–Crippen LogP) is 4.87. The van der Waals surface area contributed by atoms with Crippen LogP contribution in [0.5, 0.6) is 5.75 Å². The molecule has 140 valence electrons. The molecule has 2 N–H and O–H groups in total. The van der Waals surface area contributed by atoms with Crippen molar-refractivity contribution in [1.29, 1.82) is 0 Å². The summed E-state index contributed by atoms with van der Waals surface area (Å²) in [5, 5.41) is 6.37.